The molecule has 0 saturated heterocycles. The number of para-hydroxylation sites is 1. The smallest absolute Gasteiger partial charge is 0.118 e. The SMILES string of the molecule is COCN(C)c1ccc(Cl)cc1/C(C)=N\N(C)c1ccccc1. The molecule has 0 atom stereocenters. The molecule has 0 aliphatic carbocycles. The summed E-state index contributed by atoms with van der Waals surface area (Å²) in [7, 11) is 5.59. The summed E-state index contributed by atoms with van der Waals surface area (Å²) in [6.07, 6.45) is 0. The number of benzene rings is 2. The summed E-state index contributed by atoms with van der Waals surface area (Å²) in [4.78, 5) is 2.02. The molecule has 0 unspecified atom stereocenters. The first-order chi connectivity index (χ1) is 11.0. The van der Waals surface area contributed by atoms with Gasteiger partial charge in [0.05, 0.1) is 11.4 Å². The zero-order valence-corrected chi connectivity index (χ0v) is 14.7. The Labute approximate surface area is 142 Å². The van der Waals surface area contributed by atoms with Gasteiger partial charge in [0.1, 0.15) is 6.73 Å². The molecule has 23 heavy (non-hydrogen) atoms. The first kappa shape index (κ1) is 17.3. The van der Waals surface area contributed by atoms with Crippen molar-refractivity contribution in [2.75, 3.05) is 37.8 Å². The number of hydrazone groups is 1. The minimum atomic E-state index is 0.496. The minimum absolute atomic E-state index is 0.496. The highest BCUT2D eigenvalue weighted by Crippen LogP contribution is 2.25. The lowest BCUT2D eigenvalue weighted by Gasteiger charge is -2.22. The highest BCUT2D eigenvalue weighted by Gasteiger charge is 2.11. The third kappa shape index (κ3) is 4.47. The van der Waals surface area contributed by atoms with Crippen LogP contribution >= 0.6 is 11.6 Å². The van der Waals surface area contributed by atoms with Gasteiger partial charge < -0.3 is 9.64 Å². The van der Waals surface area contributed by atoms with Crippen LogP contribution in [0, 0.1) is 0 Å². The number of methoxy groups -OCH3 is 1. The number of halogens is 1. The van der Waals surface area contributed by atoms with Gasteiger partial charge in [-0.25, -0.2) is 0 Å². The lowest BCUT2D eigenvalue weighted by Crippen LogP contribution is -2.22. The molecule has 0 N–H and O–H groups in total. The fourth-order valence-electron chi connectivity index (χ4n) is 2.37. The van der Waals surface area contributed by atoms with Crippen molar-refractivity contribution in [3.63, 3.8) is 0 Å². The van der Waals surface area contributed by atoms with Crippen LogP contribution in [0.1, 0.15) is 12.5 Å². The maximum atomic E-state index is 6.18. The van der Waals surface area contributed by atoms with E-state index >= 15 is 0 Å². The molecule has 0 aliphatic heterocycles. The van der Waals surface area contributed by atoms with Crippen molar-refractivity contribution in [3.8, 4) is 0 Å². The summed E-state index contributed by atoms with van der Waals surface area (Å²) in [5, 5.41) is 7.23. The highest BCUT2D eigenvalue weighted by molar-refractivity contribution is 6.31. The first-order valence-electron chi connectivity index (χ1n) is 7.37. The predicted molar refractivity (Wildman–Crippen MR) is 98.8 cm³/mol. The van der Waals surface area contributed by atoms with Crippen molar-refractivity contribution in [2.45, 2.75) is 6.92 Å². The molecule has 5 heteroatoms. The van der Waals surface area contributed by atoms with Crippen LogP contribution < -0.4 is 9.91 Å². The van der Waals surface area contributed by atoms with Gasteiger partial charge in [-0.15, -0.1) is 0 Å². The van der Waals surface area contributed by atoms with E-state index in [-0.39, 0.29) is 0 Å². The Bertz CT molecular complexity index is 673. The van der Waals surface area contributed by atoms with Crippen LogP contribution in [0.15, 0.2) is 53.6 Å². The molecule has 0 heterocycles. The average molecular weight is 332 g/mol. The van der Waals surface area contributed by atoms with Crippen LogP contribution in [0.25, 0.3) is 0 Å². The summed E-state index contributed by atoms with van der Waals surface area (Å²) in [5.41, 5.74) is 3.93. The molecule has 0 aliphatic rings. The van der Waals surface area contributed by atoms with E-state index in [9.17, 15) is 0 Å². The molecule has 0 aromatic heterocycles. The second-order valence-electron chi connectivity index (χ2n) is 5.32. The second-order valence-corrected chi connectivity index (χ2v) is 5.76. The summed E-state index contributed by atoms with van der Waals surface area (Å²) in [5.74, 6) is 0. The van der Waals surface area contributed by atoms with Crippen molar-refractivity contribution < 1.29 is 4.74 Å². The van der Waals surface area contributed by atoms with Crippen LogP contribution in [0.5, 0.6) is 0 Å². The van der Waals surface area contributed by atoms with Crippen molar-refractivity contribution in [1.29, 1.82) is 0 Å². The lowest BCUT2D eigenvalue weighted by atomic mass is 10.1. The largest absolute Gasteiger partial charge is 0.364 e. The van der Waals surface area contributed by atoms with Crippen LogP contribution in [0.4, 0.5) is 11.4 Å². The maximum absolute atomic E-state index is 6.18. The number of hydrogen-bond donors (Lipinski definition) is 0. The summed E-state index contributed by atoms with van der Waals surface area (Å²) < 4.78 is 5.22. The molecule has 0 fully saturated rings. The topological polar surface area (TPSA) is 28.1 Å². The third-order valence-electron chi connectivity index (χ3n) is 3.51. The Morgan fingerprint density at radius 1 is 1.13 bits per heavy atom. The summed E-state index contributed by atoms with van der Waals surface area (Å²) in [6.45, 7) is 2.48. The van der Waals surface area contributed by atoms with E-state index in [0.717, 1.165) is 22.6 Å². The van der Waals surface area contributed by atoms with Gasteiger partial charge in [-0.2, -0.15) is 5.10 Å². The van der Waals surface area contributed by atoms with E-state index in [1.807, 2.05) is 79.5 Å². The van der Waals surface area contributed by atoms with Gasteiger partial charge in [-0.1, -0.05) is 29.8 Å². The fourth-order valence-corrected chi connectivity index (χ4v) is 2.55. The average Bonchev–Trinajstić information content (AvgIpc) is 2.55. The van der Waals surface area contributed by atoms with E-state index in [1.165, 1.54) is 0 Å². The molecule has 0 amide bonds. The second kappa shape index (κ2) is 7.99. The number of ether oxygens (including phenoxy) is 1. The highest BCUT2D eigenvalue weighted by atomic mass is 35.5. The molecular weight excluding hydrogens is 310 g/mol. The number of hydrogen-bond acceptors (Lipinski definition) is 4. The van der Waals surface area contributed by atoms with Gasteiger partial charge in [-0.3, -0.25) is 5.01 Å². The van der Waals surface area contributed by atoms with Gasteiger partial charge in [0, 0.05) is 37.5 Å². The number of rotatable bonds is 6. The van der Waals surface area contributed by atoms with E-state index in [2.05, 4.69) is 5.10 Å². The van der Waals surface area contributed by atoms with E-state index in [4.69, 9.17) is 16.3 Å². The summed E-state index contributed by atoms with van der Waals surface area (Å²) >= 11 is 6.18. The number of nitrogens with zero attached hydrogens (tertiary/aromatic N) is 3. The zero-order valence-electron chi connectivity index (χ0n) is 14.0. The standard InChI is InChI=1S/C18H22ClN3O/c1-14(20-22(3)16-8-6-5-7-9-16)17-12-15(19)10-11-18(17)21(2)13-23-4/h5-12H,13H2,1-4H3/b20-14-. The van der Waals surface area contributed by atoms with Crippen LogP contribution in [0.2, 0.25) is 5.02 Å². The Morgan fingerprint density at radius 2 is 1.83 bits per heavy atom. The first-order valence-corrected chi connectivity index (χ1v) is 7.74. The predicted octanol–water partition coefficient (Wildman–Crippen LogP) is 4.24. The molecule has 0 bridgehead atoms. The number of anilines is 2. The van der Waals surface area contributed by atoms with E-state index < -0.39 is 0 Å². The van der Waals surface area contributed by atoms with Crippen LogP contribution in [0.3, 0.4) is 0 Å². The molecule has 4 nitrogen and oxygen atoms in total. The quantitative estimate of drug-likeness (QED) is 0.450. The Hall–Kier alpha value is -2.04. The Balaban J connectivity index is 2.36. The van der Waals surface area contributed by atoms with Crippen molar-refractivity contribution in [1.82, 2.24) is 0 Å². The molecule has 122 valence electrons. The van der Waals surface area contributed by atoms with Gasteiger partial charge in [-0.05, 0) is 37.3 Å². The summed E-state index contributed by atoms with van der Waals surface area (Å²) in [6, 6.07) is 15.8. The Morgan fingerprint density at radius 3 is 2.48 bits per heavy atom. The van der Waals surface area contributed by atoms with Gasteiger partial charge >= 0.3 is 0 Å². The lowest BCUT2D eigenvalue weighted by molar-refractivity contribution is 0.202. The molecule has 0 saturated carbocycles. The third-order valence-corrected chi connectivity index (χ3v) is 3.75. The normalized spacial score (nSPS) is 11.4. The molecule has 2 rings (SSSR count). The fraction of sp³-hybridized carbons (Fsp3) is 0.278. The van der Waals surface area contributed by atoms with Crippen molar-refractivity contribution in [3.05, 3.63) is 59.1 Å². The molecular formula is C18H22ClN3O. The van der Waals surface area contributed by atoms with Crippen LogP contribution in [-0.2, 0) is 4.74 Å². The van der Waals surface area contributed by atoms with E-state index in [1.54, 1.807) is 7.11 Å². The van der Waals surface area contributed by atoms with Gasteiger partial charge in [0.25, 0.3) is 0 Å². The maximum Gasteiger partial charge on any atom is 0.118 e. The van der Waals surface area contributed by atoms with Gasteiger partial charge in [0.15, 0.2) is 0 Å². The minimum Gasteiger partial charge on any atom is -0.364 e. The monoisotopic (exact) mass is 331 g/mol. The van der Waals surface area contributed by atoms with E-state index in [0.29, 0.717) is 11.8 Å². The molecule has 0 radical (unpaired) electrons. The zero-order chi connectivity index (χ0) is 16.8. The van der Waals surface area contributed by atoms with Crippen molar-refractivity contribution >= 4 is 28.7 Å². The Kier molecular flexibility index (Phi) is 6.02. The van der Waals surface area contributed by atoms with Crippen LogP contribution in [-0.4, -0.2) is 33.6 Å². The molecule has 2 aromatic carbocycles. The van der Waals surface area contributed by atoms with Crippen molar-refractivity contribution in [2.24, 2.45) is 5.10 Å². The molecule has 0 spiro atoms. The van der Waals surface area contributed by atoms with Gasteiger partial charge in [0.2, 0.25) is 0 Å². The molecule has 2 aromatic rings.